The highest BCUT2D eigenvalue weighted by Crippen LogP contribution is 2.26. The summed E-state index contributed by atoms with van der Waals surface area (Å²) < 4.78 is 9.71. The molecular formula is C17H14O6. The summed E-state index contributed by atoms with van der Waals surface area (Å²) in [6.45, 7) is 2.52. The molecule has 0 aliphatic carbocycles. The average Bonchev–Trinajstić information content (AvgIpc) is 2.46. The Morgan fingerprint density at radius 2 is 1.35 bits per heavy atom. The maximum Gasteiger partial charge on any atom is 0.308 e. The number of hydrogen-bond donors (Lipinski definition) is 1. The predicted molar refractivity (Wildman–Crippen MR) is 80.6 cm³/mol. The van der Waals surface area contributed by atoms with Crippen molar-refractivity contribution in [3.63, 3.8) is 0 Å². The highest BCUT2D eigenvalue weighted by atomic mass is 16.5. The molecule has 2 aromatic rings. The molecule has 0 atom stereocenters. The van der Waals surface area contributed by atoms with Gasteiger partial charge in [0.1, 0.15) is 17.2 Å². The van der Waals surface area contributed by atoms with Crippen LogP contribution in [0.15, 0.2) is 42.5 Å². The smallest absolute Gasteiger partial charge is 0.308 e. The predicted octanol–water partition coefficient (Wildman–Crippen LogP) is 2.47. The van der Waals surface area contributed by atoms with E-state index >= 15 is 0 Å². The summed E-state index contributed by atoms with van der Waals surface area (Å²) in [4.78, 5) is 34.1. The Morgan fingerprint density at radius 3 is 1.87 bits per heavy atom. The summed E-state index contributed by atoms with van der Waals surface area (Å²) in [6, 6.07) is 9.93. The van der Waals surface area contributed by atoms with Crippen molar-refractivity contribution < 1.29 is 29.0 Å². The molecule has 23 heavy (non-hydrogen) atoms. The first kappa shape index (κ1) is 16.2. The van der Waals surface area contributed by atoms with Crippen LogP contribution in [0.3, 0.4) is 0 Å². The summed E-state index contributed by atoms with van der Waals surface area (Å²) in [5, 5.41) is 9.93. The van der Waals surface area contributed by atoms with E-state index in [9.17, 15) is 19.5 Å². The van der Waals surface area contributed by atoms with E-state index in [1.165, 1.54) is 56.3 Å². The zero-order valence-electron chi connectivity index (χ0n) is 12.5. The number of ether oxygens (including phenoxy) is 2. The number of carbonyl (C=O) groups is 3. The first-order valence-electron chi connectivity index (χ1n) is 6.71. The van der Waals surface area contributed by atoms with E-state index in [1.54, 1.807) is 0 Å². The fraction of sp³-hybridized carbons (Fsp3) is 0.118. The molecule has 6 nitrogen and oxygen atoms in total. The molecule has 0 radical (unpaired) electrons. The van der Waals surface area contributed by atoms with Crippen LogP contribution in [-0.4, -0.2) is 22.8 Å². The first-order chi connectivity index (χ1) is 10.9. The monoisotopic (exact) mass is 314 g/mol. The highest BCUT2D eigenvalue weighted by molar-refractivity contribution is 6.10. The Balaban J connectivity index is 2.23. The van der Waals surface area contributed by atoms with Crippen LogP contribution < -0.4 is 9.47 Å². The molecule has 0 unspecified atom stereocenters. The van der Waals surface area contributed by atoms with Gasteiger partial charge in [-0.15, -0.1) is 0 Å². The number of rotatable bonds is 4. The third-order valence-corrected chi connectivity index (χ3v) is 2.85. The molecule has 0 heterocycles. The van der Waals surface area contributed by atoms with Crippen LogP contribution in [0.25, 0.3) is 0 Å². The Bertz CT molecular complexity index is 761. The van der Waals surface area contributed by atoms with Gasteiger partial charge in [0.2, 0.25) is 0 Å². The lowest BCUT2D eigenvalue weighted by molar-refractivity contribution is -0.132. The fourth-order valence-corrected chi connectivity index (χ4v) is 1.93. The van der Waals surface area contributed by atoms with Gasteiger partial charge < -0.3 is 14.6 Å². The Hall–Kier alpha value is -3.15. The van der Waals surface area contributed by atoms with Crippen LogP contribution in [0.5, 0.6) is 17.2 Å². The number of carbonyl (C=O) groups excluding carboxylic acids is 3. The van der Waals surface area contributed by atoms with Gasteiger partial charge in [-0.3, -0.25) is 14.4 Å². The van der Waals surface area contributed by atoms with E-state index in [-0.39, 0.29) is 17.1 Å². The van der Waals surface area contributed by atoms with Gasteiger partial charge >= 0.3 is 11.9 Å². The molecule has 118 valence electrons. The number of phenolic OH excluding ortho intramolecular Hbond substituents is 1. The lowest BCUT2D eigenvalue weighted by atomic mass is 10.0. The van der Waals surface area contributed by atoms with Gasteiger partial charge in [-0.2, -0.15) is 0 Å². The lowest BCUT2D eigenvalue weighted by Gasteiger charge is -2.07. The number of esters is 2. The minimum Gasteiger partial charge on any atom is -0.507 e. The Labute approximate surface area is 132 Å². The Morgan fingerprint density at radius 1 is 0.826 bits per heavy atom. The van der Waals surface area contributed by atoms with Crippen LogP contribution in [0, 0.1) is 0 Å². The van der Waals surface area contributed by atoms with Gasteiger partial charge in [0.15, 0.2) is 5.78 Å². The number of aromatic hydroxyl groups is 1. The van der Waals surface area contributed by atoms with Gasteiger partial charge in [-0.05, 0) is 36.4 Å². The number of benzene rings is 2. The molecule has 1 N–H and O–H groups in total. The second-order valence-corrected chi connectivity index (χ2v) is 4.72. The third kappa shape index (κ3) is 4.16. The normalized spacial score (nSPS) is 10.0. The van der Waals surface area contributed by atoms with Crippen molar-refractivity contribution in [1.82, 2.24) is 0 Å². The Kier molecular flexibility index (Phi) is 4.75. The van der Waals surface area contributed by atoms with Crippen molar-refractivity contribution in [3.05, 3.63) is 53.6 Å². The van der Waals surface area contributed by atoms with Crippen molar-refractivity contribution in [2.45, 2.75) is 13.8 Å². The van der Waals surface area contributed by atoms with Gasteiger partial charge in [0, 0.05) is 25.5 Å². The minimum absolute atomic E-state index is 0.0705. The molecular weight excluding hydrogens is 300 g/mol. The molecule has 0 aliphatic rings. The van der Waals surface area contributed by atoms with Crippen LogP contribution in [0.4, 0.5) is 0 Å². The van der Waals surface area contributed by atoms with Crippen LogP contribution >= 0.6 is 0 Å². The SMILES string of the molecule is CC(=O)Oc1ccc(C(=O)c2ccc(OC(C)=O)cc2O)cc1. The molecule has 0 saturated heterocycles. The van der Waals surface area contributed by atoms with E-state index in [0.29, 0.717) is 11.3 Å². The van der Waals surface area contributed by atoms with Crippen molar-refractivity contribution in [1.29, 1.82) is 0 Å². The molecule has 6 heteroatoms. The van der Waals surface area contributed by atoms with Gasteiger partial charge in [-0.25, -0.2) is 0 Å². The van der Waals surface area contributed by atoms with Crippen molar-refractivity contribution in [2.24, 2.45) is 0 Å². The second kappa shape index (κ2) is 6.74. The molecule has 0 saturated carbocycles. The minimum atomic E-state index is -0.524. The molecule has 2 rings (SSSR count). The van der Waals surface area contributed by atoms with Gasteiger partial charge in [0.05, 0.1) is 5.56 Å². The third-order valence-electron chi connectivity index (χ3n) is 2.85. The fourth-order valence-electron chi connectivity index (χ4n) is 1.93. The molecule has 0 fully saturated rings. The maximum atomic E-state index is 12.4. The quantitative estimate of drug-likeness (QED) is 0.530. The van der Waals surface area contributed by atoms with Gasteiger partial charge in [0.25, 0.3) is 0 Å². The van der Waals surface area contributed by atoms with Gasteiger partial charge in [-0.1, -0.05) is 0 Å². The van der Waals surface area contributed by atoms with Crippen LogP contribution in [0.1, 0.15) is 29.8 Å². The summed E-state index contributed by atoms with van der Waals surface area (Å²) in [7, 11) is 0. The van der Waals surface area contributed by atoms with Crippen LogP contribution in [-0.2, 0) is 9.59 Å². The molecule has 0 aromatic heterocycles. The second-order valence-electron chi connectivity index (χ2n) is 4.72. The molecule has 0 amide bonds. The molecule has 2 aromatic carbocycles. The summed E-state index contributed by atoms with van der Waals surface area (Å²) in [6.07, 6.45) is 0. The summed E-state index contributed by atoms with van der Waals surface area (Å²) in [5.74, 6) is -1.21. The number of hydrogen-bond acceptors (Lipinski definition) is 6. The highest BCUT2D eigenvalue weighted by Gasteiger charge is 2.15. The number of ketones is 1. The largest absolute Gasteiger partial charge is 0.507 e. The lowest BCUT2D eigenvalue weighted by Crippen LogP contribution is -2.05. The summed E-state index contributed by atoms with van der Waals surface area (Å²) in [5.41, 5.74) is 0.387. The molecule has 0 spiro atoms. The van der Waals surface area contributed by atoms with Crippen molar-refractivity contribution >= 4 is 17.7 Å². The topological polar surface area (TPSA) is 89.9 Å². The van der Waals surface area contributed by atoms with E-state index in [2.05, 4.69) is 0 Å². The zero-order chi connectivity index (χ0) is 17.0. The number of phenols is 1. The standard InChI is InChI=1S/C17H14O6/c1-10(18)22-13-5-3-12(4-6-13)17(21)15-8-7-14(9-16(15)20)23-11(2)19/h3-9,20H,1-2H3. The average molecular weight is 314 g/mol. The van der Waals surface area contributed by atoms with E-state index in [0.717, 1.165) is 0 Å². The van der Waals surface area contributed by atoms with E-state index in [4.69, 9.17) is 9.47 Å². The van der Waals surface area contributed by atoms with E-state index in [1.807, 2.05) is 0 Å². The zero-order valence-corrected chi connectivity index (χ0v) is 12.5. The summed E-state index contributed by atoms with van der Waals surface area (Å²) >= 11 is 0. The van der Waals surface area contributed by atoms with Crippen LogP contribution in [0.2, 0.25) is 0 Å². The molecule has 0 bridgehead atoms. The van der Waals surface area contributed by atoms with E-state index < -0.39 is 17.7 Å². The van der Waals surface area contributed by atoms with Crippen molar-refractivity contribution in [2.75, 3.05) is 0 Å². The van der Waals surface area contributed by atoms with Crippen molar-refractivity contribution in [3.8, 4) is 17.2 Å². The first-order valence-corrected chi connectivity index (χ1v) is 6.71. The molecule has 0 aliphatic heterocycles. The maximum absolute atomic E-state index is 12.4.